The van der Waals surface area contributed by atoms with Crippen LogP contribution in [0.3, 0.4) is 0 Å². The van der Waals surface area contributed by atoms with Crippen LogP contribution in [0.1, 0.15) is 22.3 Å². The Kier molecular flexibility index (Phi) is 9.86. The lowest BCUT2D eigenvalue weighted by molar-refractivity contribution is 0.768. The normalized spacial score (nSPS) is 11.0. The molecule has 0 saturated heterocycles. The Morgan fingerprint density at radius 1 is 0.619 bits per heavy atom. The van der Waals surface area contributed by atoms with Crippen molar-refractivity contribution in [1.29, 1.82) is 10.5 Å². The van der Waals surface area contributed by atoms with Crippen molar-refractivity contribution in [3.63, 3.8) is 0 Å². The maximum Gasteiger partial charge on any atom is 0.265 e. The number of fused-ring (bicyclic) bond motifs is 3. The first kappa shape index (κ1) is 39.3. The number of H-pyrrole nitrogens is 1. The van der Waals surface area contributed by atoms with Crippen molar-refractivity contribution in [2.45, 2.75) is 13.8 Å². The molecule has 0 aliphatic rings. The van der Waals surface area contributed by atoms with Gasteiger partial charge in [-0.05, 0) is 84.6 Å². The number of aromatic amines is 1. The summed E-state index contributed by atoms with van der Waals surface area (Å²) in [5.74, 6) is 0.640. The quantitative estimate of drug-likeness (QED) is 0.143. The Bertz CT molecular complexity index is 3670. The van der Waals surface area contributed by atoms with Crippen LogP contribution in [0.2, 0.25) is 0 Å². The lowest BCUT2D eigenvalue weighted by atomic mass is 9.95. The molecular weight excluding hydrogens is 789 g/mol. The van der Waals surface area contributed by atoms with Crippen molar-refractivity contribution in [3.8, 4) is 57.2 Å². The number of benzene rings is 6. The van der Waals surface area contributed by atoms with Crippen LogP contribution in [0.5, 0.6) is 0 Å². The molecule has 0 saturated carbocycles. The highest BCUT2D eigenvalue weighted by atomic mass is 16.1. The summed E-state index contributed by atoms with van der Waals surface area (Å²) in [6.45, 7) is 3.89. The minimum Gasteiger partial charge on any atom is -0.397 e. The first-order valence-electron chi connectivity index (χ1n) is 19.7. The number of aromatic nitrogens is 8. The molecule has 0 radical (unpaired) electrons. The molecule has 0 aliphatic heterocycles. The predicted molar refractivity (Wildman–Crippen MR) is 245 cm³/mol. The van der Waals surface area contributed by atoms with E-state index in [0.717, 1.165) is 44.6 Å². The summed E-state index contributed by atoms with van der Waals surface area (Å²) in [4.78, 5) is 43.2. The molecule has 5 N–H and O–H groups in total. The molecule has 10 rings (SSSR count). The van der Waals surface area contributed by atoms with Gasteiger partial charge in [0.1, 0.15) is 30.6 Å². The van der Waals surface area contributed by atoms with Crippen LogP contribution in [-0.4, -0.2) is 38.9 Å². The summed E-state index contributed by atoms with van der Waals surface area (Å²) in [6.07, 6.45) is 6.70. The number of hydrogen-bond acceptors (Lipinski definition) is 10. The molecule has 0 amide bonds. The number of nitrogens with two attached hydrogens (primary N) is 2. The van der Waals surface area contributed by atoms with E-state index < -0.39 is 0 Å². The minimum atomic E-state index is -0.141. The van der Waals surface area contributed by atoms with Gasteiger partial charge in [0, 0.05) is 24.4 Å². The van der Waals surface area contributed by atoms with Gasteiger partial charge in [-0.15, -0.1) is 0 Å². The Balaban J connectivity index is 0.000000164. The number of hydrogen-bond donors (Lipinski definition) is 3. The van der Waals surface area contributed by atoms with E-state index in [2.05, 4.69) is 26.1 Å². The number of para-hydroxylation sites is 2. The molecule has 4 aromatic heterocycles. The molecule has 0 unspecified atom stereocenters. The fourth-order valence-corrected chi connectivity index (χ4v) is 7.89. The SMILES string of the molecule is Cc1c(-c2ccc(C#N)c(N)c2N)cccc1-n1cnc2ccccc2c1=O.Cc1c(-c2ccc(C#N)c3[nH]c(-c4cnn(C)c4)nc23)cccc1-n1cnc2ccccc2c1=O. The van der Waals surface area contributed by atoms with Crippen molar-refractivity contribution in [2.75, 3.05) is 11.5 Å². The van der Waals surface area contributed by atoms with Gasteiger partial charge >= 0.3 is 0 Å². The molecule has 4 heterocycles. The molecule has 0 atom stereocenters. The van der Waals surface area contributed by atoms with E-state index in [-0.39, 0.29) is 16.8 Å². The maximum atomic E-state index is 13.2. The Morgan fingerprint density at radius 2 is 1.16 bits per heavy atom. The zero-order chi connectivity index (χ0) is 43.9. The minimum absolute atomic E-state index is 0.126. The van der Waals surface area contributed by atoms with Gasteiger partial charge in [0.2, 0.25) is 0 Å². The number of nitriles is 2. The van der Waals surface area contributed by atoms with Crippen LogP contribution < -0.4 is 22.6 Å². The van der Waals surface area contributed by atoms with Crippen molar-refractivity contribution in [3.05, 3.63) is 177 Å². The van der Waals surface area contributed by atoms with Crippen molar-refractivity contribution in [1.82, 2.24) is 38.9 Å². The van der Waals surface area contributed by atoms with Gasteiger partial charge in [0.05, 0.1) is 78.5 Å². The second-order valence-electron chi connectivity index (χ2n) is 14.9. The third-order valence-corrected chi connectivity index (χ3v) is 11.2. The van der Waals surface area contributed by atoms with Gasteiger partial charge in [-0.1, -0.05) is 60.7 Å². The molecule has 0 spiro atoms. The highest BCUT2D eigenvalue weighted by Gasteiger charge is 2.19. The lowest BCUT2D eigenvalue weighted by Gasteiger charge is -2.16. The average molecular weight is 825 g/mol. The summed E-state index contributed by atoms with van der Waals surface area (Å²) in [7, 11) is 1.84. The zero-order valence-corrected chi connectivity index (χ0v) is 34.2. The Hall–Kier alpha value is -9.14. The molecule has 304 valence electrons. The number of nitrogens with one attached hydrogen (secondary N) is 1. The van der Waals surface area contributed by atoms with Gasteiger partial charge < -0.3 is 16.5 Å². The van der Waals surface area contributed by atoms with Gasteiger partial charge in [-0.2, -0.15) is 15.6 Å². The van der Waals surface area contributed by atoms with E-state index >= 15 is 0 Å². The summed E-state index contributed by atoms with van der Waals surface area (Å²) in [6, 6.07) is 37.4. The van der Waals surface area contributed by atoms with Crippen LogP contribution in [0, 0.1) is 36.5 Å². The molecule has 6 aromatic carbocycles. The second kappa shape index (κ2) is 15.8. The fraction of sp³-hybridized carbons (Fsp3) is 0.0612. The summed E-state index contributed by atoms with van der Waals surface area (Å²) in [5, 5.41) is 24.2. The van der Waals surface area contributed by atoms with Crippen LogP contribution >= 0.6 is 0 Å². The molecule has 0 aliphatic carbocycles. The van der Waals surface area contributed by atoms with Crippen LogP contribution in [-0.2, 0) is 7.05 Å². The van der Waals surface area contributed by atoms with E-state index in [0.29, 0.717) is 61.2 Å². The lowest BCUT2D eigenvalue weighted by Crippen LogP contribution is -2.19. The maximum absolute atomic E-state index is 13.2. The number of nitrogen functional groups attached to an aromatic ring is 2. The number of aryl methyl sites for hydroxylation is 1. The molecule has 14 nitrogen and oxygen atoms in total. The first-order chi connectivity index (χ1) is 30.6. The summed E-state index contributed by atoms with van der Waals surface area (Å²) in [5.41, 5.74) is 23.5. The van der Waals surface area contributed by atoms with Gasteiger partial charge in [-0.25, -0.2) is 15.0 Å². The average Bonchev–Trinajstić information content (AvgIpc) is 3.96. The van der Waals surface area contributed by atoms with Crippen LogP contribution in [0.4, 0.5) is 11.4 Å². The van der Waals surface area contributed by atoms with E-state index in [1.54, 1.807) is 52.1 Å². The largest absolute Gasteiger partial charge is 0.397 e. The third kappa shape index (κ3) is 6.79. The Morgan fingerprint density at radius 3 is 1.71 bits per heavy atom. The van der Waals surface area contributed by atoms with Crippen molar-refractivity contribution < 1.29 is 0 Å². The van der Waals surface area contributed by atoms with Gasteiger partial charge in [-0.3, -0.25) is 23.4 Å². The third-order valence-electron chi connectivity index (χ3n) is 11.2. The Labute approximate surface area is 359 Å². The zero-order valence-electron chi connectivity index (χ0n) is 34.2. The first-order valence-corrected chi connectivity index (χ1v) is 19.7. The van der Waals surface area contributed by atoms with E-state index in [4.69, 9.17) is 21.7 Å². The second-order valence-corrected chi connectivity index (χ2v) is 14.9. The van der Waals surface area contributed by atoms with Crippen molar-refractivity contribution in [2.24, 2.45) is 7.05 Å². The topological polar surface area (TPSA) is 216 Å². The number of anilines is 2. The van der Waals surface area contributed by atoms with E-state index in [9.17, 15) is 14.9 Å². The standard InChI is InChI=1S/C27H19N7O.C22H17N5O/c1-16-19(7-5-9-23(16)34-15-29-22-8-4-3-6-21(22)27(34)35)20-11-10-17(12-28)24-25(20)32-26(31-24)18-13-30-33(2)14-18;1-13-15(16-10-9-14(11-23)20(24)21(16)25)6-4-8-19(13)27-12-26-18-7-3-2-5-17(18)22(27)28/h3-11,13-15H,1-2H3,(H,31,32);2-10,12H,24-25H2,1H3. The molecule has 0 bridgehead atoms. The molecule has 10 aromatic rings. The highest BCUT2D eigenvalue weighted by molar-refractivity contribution is 5.98. The molecular formula is C49H36N12O2. The molecule has 14 heteroatoms. The highest BCUT2D eigenvalue weighted by Crippen LogP contribution is 2.37. The summed E-state index contributed by atoms with van der Waals surface area (Å²) >= 11 is 0. The van der Waals surface area contributed by atoms with Gasteiger partial charge in [0.25, 0.3) is 11.1 Å². The molecule has 0 fully saturated rings. The smallest absolute Gasteiger partial charge is 0.265 e. The van der Waals surface area contributed by atoms with Gasteiger partial charge in [0.15, 0.2) is 0 Å². The van der Waals surface area contributed by atoms with E-state index in [1.165, 1.54) is 10.9 Å². The number of nitrogens with zero attached hydrogens (tertiary/aromatic N) is 9. The monoisotopic (exact) mass is 824 g/mol. The number of imidazole rings is 1. The van der Waals surface area contributed by atoms with Crippen LogP contribution in [0.15, 0.2) is 144 Å². The van der Waals surface area contributed by atoms with Crippen LogP contribution in [0.25, 0.3) is 77.9 Å². The fourth-order valence-electron chi connectivity index (χ4n) is 7.89. The number of rotatable bonds is 5. The van der Waals surface area contributed by atoms with E-state index in [1.807, 2.05) is 112 Å². The summed E-state index contributed by atoms with van der Waals surface area (Å²) < 4.78 is 4.82. The van der Waals surface area contributed by atoms with Crippen molar-refractivity contribution >= 4 is 44.2 Å². The molecule has 63 heavy (non-hydrogen) atoms. The predicted octanol–water partition coefficient (Wildman–Crippen LogP) is 7.91.